The fraction of sp³-hybridized carbons (Fsp3) is 0.318. The molecule has 3 heterocycles. The van der Waals surface area contributed by atoms with Gasteiger partial charge in [-0.3, -0.25) is 0 Å². The number of piperidine rings is 1. The molecule has 2 aliphatic rings. The average Bonchev–Trinajstić information content (AvgIpc) is 3.15. The third-order valence-corrected chi connectivity index (χ3v) is 6.32. The molecule has 1 N–H and O–H groups in total. The first kappa shape index (κ1) is 17.8. The third-order valence-electron chi connectivity index (χ3n) is 5.79. The second-order valence-electron chi connectivity index (χ2n) is 7.55. The van der Waals surface area contributed by atoms with Crippen molar-refractivity contribution in [2.24, 2.45) is 0 Å². The lowest BCUT2D eigenvalue weighted by atomic mass is 9.84. The van der Waals surface area contributed by atoms with Crippen LogP contribution in [-0.2, 0) is 5.60 Å². The zero-order valence-electron chi connectivity index (χ0n) is 15.6. The van der Waals surface area contributed by atoms with Crippen LogP contribution in [0.25, 0.3) is 10.9 Å². The van der Waals surface area contributed by atoms with Crippen molar-refractivity contribution >= 4 is 32.7 Å². The van der Waals surface area contributed by atoms with Crippen LogP contribution in [0.2, 0.25) is 0 Å². The molecule has 2 aromatic carbocycles. The van der Waals surface area contributed by atoms with Crippen molar-refractivity contribution in [2.45, 2.75) is 25.4 Å². The van der Waals surface area contributed by atoms with E-state index in [2.05, 4.69) is 33.8 Å². The molecule has 2 aliphatic heterocycles. The minimum absolute atomic E-state index is 0.262. The van der Waals surface area contributed by atoms with Gasteiger partial charge in [-0.05, 0) is 55.2 Å². The Morgan fingerprint density at radius 2 is 1.71 bits per heavy atom. The van der Waals surface area contributed by atoms with Gasteiger partial charge in [-0.15, -0.1) is 0 Å². The zero-order chi connectivity index (χ0) is 19.3. The number of aliphatic hydroxyl groups is 1. The van der Waals surface area contributed by atoms with E-state index in [0.717, 1.165) is 56.9 Å². The van der Waals surface area contributed by atoms with Crippen LogP contribution in [0.4, 0.5) is 5.82 Å². The number of benzene rings is 2. The van der Waals surface area contributed by atoms with Crippen molar-refractivity contribution in [3.05, 3.63) is 58.1 Å². The molecule has 1 aromatic heterocycles. The maximum absolute atomic E-state index is 11.1. The molecule has 1 fully saturated rings. The molecule has 5 nitrogen and oxygen atoms in total. The molecule has 0 atom stereocenters. The molecule has 144 valence electrons. The topological polar surface area (TPSA) is 54.8 Å². The number of hydrogen-bond acceptors (Lipinski definition) is 5. The predicted molar refractivity (Wildman–Crippen MR) is 112 cm³/mol. The minimum atomic E-state index is -0.783. The highest BCUT2D eigenvalue weighted by molar-refractivity contribution is 9.10. The fourth-order valence-corrected chi connectivity index (χ4v) is 4.35. The molecule has 5 rings (SSSR count). The molecule has 0 saturated carbocycles. The first-order valence-corrected chi connectivity index (χ1v) is 10.3. The second kappa shape index (κ2) is 6.64. The van der Waals surface area contributed by atoms with Gasteiger partial charge in [0.05, 0.1) is 11.1 Å². The van der Waals surface area contributed by atoms with E-state index in [0.29, 0.717) is 12.8 Å². The average molecular weight is 441 g/mol. The minimum Gasteiger partial charge on any atom is -0.454 e. The van der Waals surface area contributed by atoms with Gasteiger partial charge in [0, 0.05) is 29.0 Å². The number of fused-ring (bicyclic) bond motifs is 2. The first-order valence-electron chi connectivity index (χ1n) is 9.46. The van der Waals surface area contributed by atoms with Crippen molar-refractivity contribution in [1.82, 2.24) is 4.98 Å². The fourth-order valence-electron chi connectivity index (χ4n) is 4.08. The Balaban J connectivity index is 1.41. The number of aromatic nitrogens is 1. The van der Waals surface area contributed by atoms with Gasteiger partial charge in [-0.25, -0.2) is 4.98 Å². The highest BCUT2D eigenvalue weighted by Gasteiger charge is 2.34. The van der Waals surface area contributed by atoms with E-state index in [1.807, 2.05) is 36.4 Å². The standard InChI is InChI=1S/C22H21BrN2O3/c1-14-10-21(24-18-12-20-19(11-17(14)18)27-13-28-20)25-8-6-22(26,7-9-25)15-2-4-16(23)5-3-15/h2-5,10-12,26H,6-9,13H2,1H3. The van der Waals surface area contributed by atoms with Crippen LogP contribution in [0.15, 0.2) is 46.9 Å². The Morgan fingerprint density at radius 3 is 2.43 bits per heavy atom. The molecule has 0 radical (unpaired) electrons. The number of ether oxygens (including phenoxy) is 2. The quantitative estimate of drug-likeness (QED) is 0.634. The number of halogens is 1. The Labute approximate surface area is 172 Å². The summed E-state index contributed by atoms with van der Waals surface area (Å²) in [5.74, 6) is 2.48. The zero-order valence-corrected chi connectivity index (χ0v) is 17.2. The highest BCUT2D eigenvalue weighted by atomic mass is 79.9. The molecule has 0 unspecified atom stereocenters. The number of nitrogens with zero attached hydrogens (tertiary/aromatic N) is 2. The summed E-state index contributed by atoms with van der Waals surface area (Å²) in [6, 6.07) is 14.1. The lowest BCUT2D eigenvalue weighted by Crippen LogP contribution is -2.43. The third kappa shape index (κ3) is 3.01. The summed E-state index contributed by atoms with van der Waals surface area (Å²) in [5, 5.41) is 12.2. The van der Waals surface area contributed by atoms with Gasteiger partial charge in [0.1, 0.15) is 5.82 Å². The smallest absolute Gasteiger partial charge is 0.231 e. The number of hydrogen-bond donors (Lipinski definition) is 1. The highest BCUT2D eigenvalue weighted by Crippen LogP contribution is 2.39. The van der Waals surface area contributed by atoms with Crippen LogP contribution in [0.1, 0.15) is 24.0 Å². The molecular formula is C22H21BrN2O3. The molecule has 28 heavy (non-hydrogen) atoms. The van der Waals surface area contributed by atoms with Crippen LogP contribution >= 0.6 is 15.9 Å². The van der Waals surface area contributed by atoms with E-state index in [1.54, 1.807) is 0 Å². The van der Waals surface area contributed by atoms with Gasteiger partial charge in [-0.1, -0.05) is 28.1 Å². The molecule has 3 aromatic rings. The summed E-state index contributed by atoms with van der Waals surface area (Å²) in [5.41, 5.74) is 2.26. The summed E-state index contributed by atoms with van der Waals surface area (Å²) in [7, 11) is 0. The van der Waals surface area contributed by atoms with Crippen LogP contribution in [0.3, 0.4) is 0 Å². The lowest BCUT2D eigenvalue weighted by molar-refractivity contribution is 0.0116. The Kier molecular flexibility index (Phi) is 4.21. The lowest BCUT2D eigenvalue weighted by Gasteiger charge is -2.39. The summed E-state index contributed by atoms with van der Waals surface area (Å²) in [4.78, 5) is 7.13. The summed E-state index contributed by atoms with van der Waals surface area (Å²) in [6.07, 6.45) is 1.35. The number of rotatable bonds is 2. The number of aryl methyl sites for hydroxylation is 1. The van der Waals surface area contributed by atoms with Gasteiger partial charge >= 0.3 is 0 Å². The molecule has 0 amide bonds. The van der Waals surface area contributed by atoms with E-state index in [9.17, 15) is 5.11 Å². The van der Waals surface area contributed by atoms with Gasteiger partial charge < -0.3 is 19.5 Å². The maximum atomic E-state index is 11.1. The Bertz CT molecular complexity index is 1040. The van der Waals surface area contributed by atoms with E-state index in [4.69, 9.17) is 14.5 Å². The van der Waals surface area contributed by atoms with Gasteiger partial charge in [0.15, 0.2) is 11.5 Å². The molecule has 6 heteroatoms. The summed E-state index contributed by atoms with van der Waals surface area (Å²) >= 11 is 3.46. The Morgan fingerprint density at radius 1 is 1.04 bits per heavy atom. The molecule has 0 bridgehead atoms. The van der Waals surface area contributed by atoms with Crippen molar-refractivity contribution in [3.8, 4) is 11.5 Å². The molecular weight excluding hydrogens is 420 g/mol. The monoisotopic (exact) mass is 440 g/mol. The number of anilines is 1. The maximum Gasteiger partial charge on any atom is 0.231 e. The normalized spacial score (nSPS) is 17.9. The second-order valence-corrected chi connectivity index (χ2v) is 8.46. The molecule has 0 spiro atoms. The van der Waals surface area contributed by atoms with Crippen LogP contribution < -0.4 is 14.4 Å². The largest absolute Gasteiger partial charge is 0.454 e. The van der Waals surface area contributed by atoms with E-state index < -0.39 is 5.60 Å². The van der Waals surface area contributed by atoms with Crippen LogP contribution in [0.5, 0.6) is 11.5 Å². The van der Waals surface area contributed by atoms with Crippen molar-refractivity contribution in [3.63, 3.8) is 0 Å². The van der Waals surface area contributed by atoms with E-state index in [-0.39, 0.29) is 6.79 Å². The van der Waals surface area contributed by atoms with Crippen LogP contribution in [-0.4, -0.2) is 30.0 Å². The Hall–Kier alpha value is -2.31. The molecule has 0 aliphatic carbocycles. The van der Waals surface area contributed by atoms with Crippen LogP contribution in [0, 0.1) is 6.92 Å². The first-order chi connectivity index (χ1) is 13.5. The number of pyridine rings is 1. The van der Waals surface area contributed by atoms with Gasteiger partial charge in [-0.2, -0.15) is 0 Å². The molecule has 1 saturated heterocycles. The SMILES string of the molecule is Cc1cc(N2CCC(O)(c3ccc(Br)cc3)CC2)nc2cc3c(cc12)OCO3. The van der Waals surface area contributed by atoms with Crippen molar-refractivity contribution < 1.29 is 14.6 Å². The van der Waals surface area contributed by atoms with Crippen molar-refractivity contribution in [2.75, 3.05) is 24.8 Å². The van der Waals surface area contributed by atoms with Gasteiger partial charge in [0.2, 0.25) is 6.79 Å². The van der Waals surface area contributed by atoms with E-state index >= 15 is 0 Å². The van der Waals surface area contributed by atoms with Crippen molar-refractivity contribution in [1.29, 1.82) is 0 Å². The van der Waals surface area contributed by atoms with Gasteiger partial charge in [0.25, 0.3) is 0 Å². The summed E-state index contributed by atoms with van der Waals surface area (Å²) < 4.78 is 12.0. The predicted octanol–water partition coefficient (Wildman–Crippen LogP) is 4.52. The summed E-state index contributed by atoms with van der Waals surface area (Å²) in [6.45, 7) is 3.88. The van der Waals surface area contributed by atoms with E-state index in [1.165, 1.54) is 0 Å².